The van der Waals surface area contributed by atoms with Gasteiger partial charge in [0.15, 0.2) is 0 Å². The molecular weight excluding hydrogens is 257 g/mol. The van der Waals surface area contributed by atoms with Crippen LogP contribution in [0.1, 0.15) is 6.42 Å². The van der Waals surface area contributed by atoms with E-state index < -0.39 is 45.2 Å². The van der Waals surface area contributed by atoms with Crippen LogP contribution in [0.4, 0.5) is 0 Å². The molecule has 2 unspecified atom stereocenters. The Hall–Kier alpha value is -0.670. The number of hydrogen-bond acceptors (Lipinski definition) is 7. The lowest BCUT2D eigenvalue weighted by Gasteiger charge is -2.23. The largest absolute Gasteiger partial charge is 0.537 e. The average Bonchev–Trinajstić information content (AvgIpc) is 2.27. The van der Waals surface area contributed by atoms with Gasteiger partial charge in [-0.25, -0.2) is 5.06 Å². The fraction of sp³-hybridized carbons (Fsp3) is 0.857. The van der Waals surface area contributed by atoms with Crippen molar-refractivity contribution in [3.8, 4) is 0 Å². The third-order valence-corrected chi connectivity index (χ3v) is 2.71. The number of aliphatic hydroxyl groups excluding tert-OH is 4. The molecule has 0 spiro atoms. The highest BCUT2D eigenvalue weighted by Gasteiger charge is 2.34. The molecule has 0 bridgehead atoms. The van der Waals surface area contributed by atoms with Gasteiger partial charge in [-0.15, -0.1) is 0 Å². The smallest absolute Gasteiger partial charge is 0.390 e. The molecule has 9 nitrogen and oxygen atoms in total. The van der Waals surface area contributed by atoms with Gasteiger partial charge in [-0.1, -0.05) is 0 Å². The van der Waals surface area contributed by atoms with Crippen LogP contribution in [0.15, 0.2) is 0 Å². The fourth-order valence-electron chi connectivity index (χ4n) is 1.04. The quantitative estimate of drug-likeness (QED) is 0.121. The molecular formula is C7H15NO8P+. The molecule has 0 aromatic heterocycles. The molecule has 0 aliphatic rings. The minimum absolute atomic E-state index is 0.0121. The Kier molecular flexibility index (Phi) is 7.32. The second-order valence-corrected chi connectivity index (χ2v) is 4.57. The summed E-state index contributed by atoms with van der Waals surface area (Å²) in [5.41, 5.74) is 0. The van der Waals surface area contributed by atoms with Gasteiger partial charge in [-0.05, 0) is 4.57 Å². The first kappa shape index (κ1) is 16.3. The second-order valence-electron chi connectivity index (χ2n) is 3.37. The monoisotopic (exact) mass is 272 g/mol. The third kappa shape index (κ3) is 5.99. The van der Waals surface area contributed by atoms with E-state index in [1.54, 1.807) is 0 Å². The van der Waals surface area contributed by atoms with Gasteiger partial charge in [0.2, 0.25) is 6.41 Å². The van der Waals surface area contributed by atoms with Crippen LogP contribution in [-0.4, -0.2) is 72.7 Å². The van der Waals surface area contributed by atoms with Crippen LogP contribution < -0.4 is 0 Å². The fourth-order valence-corrected chi connectivity index (χ4v) is 1.44. The van der Waals surface area contributed by atoms with Crippen LogP contribution in [0.5, 0.6) is 0 Å². The maximum Gasteiger partial charge on any atom is 0.537 e. The van der Waals surface area contributed by atoms with Crippen LogP contribution in [0.25, 0.3) is 0 Å². The summed E-state index contributed by atoms with van der Waals surface area (Å²) in [6.07, 6.45) is -5.76. The third-order valence-electron chi connectivity index (χ3n) is 1.99. The Morgan fingerprint density at radius 1 is 1.18 bits per heavy atom. The van der Waals surface area contributed by atoms with Gasteiger partial charge in [-0.2, -0.15) is 4.89 Å². The Morgan fingerprint density at radius 3 is 2.12 bits per heavy atom. The van der Waals surface area contributed by atoms with Crippen LogP contribution in [0, 0.1) is 0 Å². The van der Waals surface area contributed by atoms with Crippen LogP contribution in [-0.2, 0) is 9.36 Å². The topological polar surface area (TPSA) is 159 Å². The van der Waals surface area contributed by atoms with Crippen molar-refractivity contribution in [2.24, 2.45) is 0 Å². The van der Waals surface area contributed by atoms with E-state index in [0.717, 1.165) is 0 Å². The van der Waals surface area contributed by atoms with E-state index in [4.69, 9.17) is 15.2 Å². The average molecular weight is 272 g/mol. The summed E-state index contributed by atoms with van der Waals surface area (Å²) in [6, 6.07) is 0. The molecule has 100 valence electrons. The molecule has 0 heterocycles. The standard InChI is InChI=1S/C7H14NO8P/c9-3-8(14)2-5(11)7(13)4(10)1-6(12)17(15)16/h3-7,10-14H,1-2H2/p+1/t4-,5+,6?,7-/m1/s1. The lowest BCUT2D eigenvalue weighted by Crippen LogP contribution is -2.44. The summed E-state index contributed by atoms with van der Waals surface area (Å²) in [5.74, 6) is -1.74. The van der Waals surface area contributed by atoms with E-state index in [0.29, 0.717) is 0 Å². The van der Waals surface area contributed by atoms with Crippen molar-refractivity contribution < 1.29 is 39.9 Å². The van der Waals surface area contributed by atoms with E-state index in [1.165, 1.54) is 0 Å². The van der Waals surface area contributed by atoms with Gasteiger partial charge in [0.25, 0.3) is 5.85 Å². The van der Waals surface area contributed by atoms with E-state index >= 15 is 0 Å². The summed E-state index contributed by atoms with van der Waals surface area (Å²) in [4.78, 5) is 18.5. The van der Waals surface area contributed by atoms with Crippen molar-refractivity contribution in [3.05, 3.63) is 0 Å². The zero-order valence-corrected chi connectivity index (χ0v) is 9.59. The molecule has 0 aromatic rings. The highest BCUT2D eigenvalue weighted by atomic mass is 31.1. The Balaban J connectivity index is 4.23. The number of amides is 1. The number of hydrogen-bond donors (Lipinski definition) is 6. The maximum atomic E-state index is 10.4. The Morgan fingerprint density at radius 2 is 1.71 bits per heavy atom. The molecule has 0 aliphatic carbocycles. The zero-order chi connectivity index (χ0) is 13.6. The normalized spacial score (nSPS) is 19.1. The van der Waals surface area contributed by atoms with Gasteiger partial charge >= 0.3 is 8.03 Å². The Bertz CT molecular complexity index is 264. The second kappa shape index (κ2) is 7.62. The summed E-state index contributed by atoms with van der Waals surface area (Å²) >= 11 is 0. The lowest BCUT2D eigenvalue weighted by molar-refractivity contribution is -0.163. The number of aliphatic hydroxyl groups is 4. The SMILES string of the molecule is O=CN(O)C[C@H](O)[C@H](O)[C@H](O)CC(O)[P+](=O)O. The lowest BCUT2D eigenvalue weighted by atomic mass is 10.1. The molecule has 10 heteroatoms. The van der Waals surface area contributed by atoms with Crippen molar-refractivity contribution in [3.63, 3.8) is 0 Å². The van der Waals surface area contributed by atoms with Crippen molar-refractivity contribution in [2.75, 3.05) is 6.54 Å². The number of carbonyl (C=O) groups is 1. The summed E-state index contributed by atoms with van der Waals surface area (Å²) < 4.78 is 10.4. The molecule has 0 rings (SSSR count). The summed E-state index contributed by atoms with van der Waals surface area (Å²) in [6.45, 7) is -0.650. The number of rotatable bonds is 8. The molecule has 17 heavy (non-hydrogen) atoms. The van der Waals surface area contributed by atoms with Gasteiger partial charge in [-0.3, -0.25) is 10.0 Å². The molecule has 0 aromatic carbocycles. The Labute approximate surface area is 97.4 Å². The predicted octanol–water partition coefficient (Wildman–Crippen LogP) is -2.64. The molecule has 0 radical (unpaired) electrons. The van der Waals surface area contributed by atoms with E-state index in [9.17, 15) is 24.7 Å². The van der Waals surface area contributed by atoms with Crippen LogP contribution in [0.3, 0.4) is 0 Å². The molecule has 6 N–H and O–H groups in total. The molecule has 0 saturated carbocycles. The molecule has 0 saturated heterocycles. The van der Waals surface area contributed by atoms with Gasteiger partial charge in [0, 0.05) is 0 Å². The van der Waals surface area contributed by atoms with E-state index in [-0.39, 0.29) is 11.5 Å². The summed E-state index contributed by atoms with van der Waals surface area (Å²) in [5, 5.41) is 45.6. The van der Waals surface area contributed by atoms with Gasteiger partial charge in [0.1, 0.15) is 12.2 Å². The van der Waals surface area contributed by atoms with Crippen molar-refractivity contribution in [1.82, 2.24) is 5.06 Å². The number of carbonyl (C=O) groups excluding carboxylic acids is 1. The van der Waals surface area contributed by atoms with Gasteiger partial charge in [0.05, 0.1) is 19.1 Å². The minimum Gasteiger partial charge on any atom is -0.390 e. The first-order chi connectivity index (χ1) is 7.79. The van der Waals surface area contributed by atoms with E-state index in [1.807, 2.05) is 0 Å². The van der Waals surface area contributed by atoms with Gasteiger partial charge < -0.3 is 20.4 Å². The molecule has 1 amide bonds. The first-order valence-electron chi connectivity index (χ1n) is 4.58. The highest BCUT2D eigenvalue weighted by molar-refractivity contribution is 7.38. The minimum atomic E-state index is -2.92. The van der Waals surface area contributed by atoms with Crippen molar-refractivity contribution >= 4 is 14.4 Å². The van der Waals surface area contributed by atoms with Crippen molar-refractivity contribution in [1.29, 1.82) is 0 Å². The highest BCUT2D eigenvalue weighted by Crippen LogP contribution is 2.24. The molecule has 5 atom stereocenters. The predicted molar refractivity (Wildman–Crippen MR) is 53.0 cm³/mol. The van der Waals surface area contributed by atoms with Crippen LogP contribution in [0.2, 0.25) is 0 Å². The molecule has 0 aliphatic heterocycles. The summed E-state index contributed by atoms with van der Waals surface area (Å²) in [7, 11) is -2.92. The van der Waals surface area contributed by atoms with E-state index in [2.05, 4.69) is 0 Å². The molecule has 0 fully saturated rings. The number of hydroxylamine groups is 2. The van der Waals surface area contributed by atoms with Crippen molar-refractivity contribution in [2.45, 2.75) is 30.6 Å². The first-order valence-corrected chi connectivity index (χ1v) is 5.86. The van der Waals surface area contributed by atoms with Crippen LogP contribution >= 0.6 is 8.03 Å². The maximum absolute atomic E-state index is 10.4. The zero-order valence-electron chi connectivity index (χ0n) is 8.70. The number of nitrogens with zero attached hydrogens (tertiary/aromatic N) is 1.